The van der Waals surface area contributed by atoms with Crippen LogP contribution >= 0.6 is 0 Å². The van der Waals surface area contributed by atoms with Gasteiger partial charge in [-0.1, -0.05) is 107 Å². The molecule has 118 valence electrons. The van der Waals surface area contributed by atoms with Crippen LogP contribution in [0, 0.1) is 0 Å². The fourth-order valence-corrected chi connectivity index (χ4v) is 4.30. The van der Waals surface area contributed by atoms with Crippen molar-refractivity contribution in [3.8, 4) is 0 Å². The molecule has 0 amide bonds. The van der Waals surface area contributed by atoms with Crippen LogP contribution in [0.1, 0.15) is 22.3 Å². The van der Waals surface area contributed by atoms with Crippen LogP contribution in [0.5, 0.6) is 0 Å². The van der Waals surface area contributed by atoms with Gasteiger partial charge in [-0.15, -0.1) is 0 Å². The standard InChI is InChI=1S/C24H19B/c1-2-12-22(13-3-1)25(23-14-18-8-4-5-9-19(18)15-23)24-16-20-10-6-7-11-21(20)17-24/h1-14,16H,15,17H2. The van der Waals surface area contributed by atoms with E-state index in [0.29, 0.717) is 6.71 Å². The maximum Gasteiger partial charge on any atom is 0.233 e. The molecule has 0 unspecified atom stereocenters. The van der Waals surface area contributed by atoms with E-state index in [1.54, 1.807) is 0 Å². The van der Waals surface area contributed by atoms with E-state index in [9.17, 15) is 0 Å². The van der Waals surface area contributed by atoms with Crippen molar-refractivity contribution in [3.63, 3.8) is 0 Å². The molecule has 0 N–H and O–H groups in total. The lowest BCUT2D eigenvalue weighted by molar-refractivity contribution is 1.25. The highest BCUT2D eigenvalue weighted by Crippen LogP contribution is 2.33. The zero-order valence-electron chi connectivity index (χ0n) is 14.2. The number of hydrogen-bond donors (Lipinski definition) is 0. The van der Waals surface area contributed by atoms with Crippen LogP contribution in [0.3, 0.4) is 0 Å². The summed E-state index contributed by atoms with van der Waals surface area (Å²) < 4.78 is 0. The first-order valence-corrected chi connectivity index (χ1v) is 9.00. The Morgan fingerprint density at radius 1 is 0.520 bits per heavy atom. The predicted octanol–water partition coefficient (Wildman–Crippen LogP) is 4.75. The number of fused-ring (bicyclic) bond motifs is 2. The zero-order chi connectivity index (χ0) is 16.6. The summed E-state index contributed by atoms with van der Waals surface area (Å²) in [4.78, 5) is 0. The second-order valence-electron chi connectivity index (χ2n) is 7.03. The van der Waals surface area contributed by atoms with Gasteiger partial charge in [0.1, 0.15) is 0 Å². The Balaban J connectivity index is 1.58. The molecule has 2 aliphatic rings. The number of rotatable bonds is 3. The Kier molecular flexibility index (Phi) is 3.45. The van der Waals surface area contributed by atoms with E-state index in [1.807, 2.05) is 0 Å². The second-order valence-corrected chi connectivity index (χ2v) is 7.03. The monoisotopic (exact) mass is 318 g/mol. The van der Waals surface area contributed by atoms with E-state index in [1.165, 1.54) is 38.7 Å². The van der Waals surface area contributed by atoms with Crippen molar-refractivity contribution >= 4 is 24.3 Å². The van der Waals surface area contributed by atoms with Crippen LogP contribution in [0.25, 0.3) is 12.2 Å². The Labute approximate surface area is 149 Å². The highest BCUT2D eigenvalue weighted by Gasteiger charge is 2.31. The maximum absolute atomic E-state index is 2.41. The van der Waals surface area contributed by atoms with Crippen molar-refractivity contribution < 1.29 is 0 Å². The normalized spacial score (nSPS) is 14.6. The van der Waals surface area contributed by atoms with E-state index in [4.69, 9.17) is 0 Å². The van der Waals surface area contributed by atoms with E-state index in [0.717, 1.165) is 12.8 Å². The molecule has 5 rings (SSSR count). The minimum Gasteiger partial charge on any atom is -0.0860 e. The summed E-state index contributed by atoms with van der Waals surface area (Å²) >= 11 is 0. The molecule has 0 bridgehead atoms. The molecule has 0 heterocycles. The quantitative estimate of drug-likeness (QED) is 0.612. The summed E-state index contributed by atoms with van der Waals surface area (Å²) in [5, 5.41) is 0. The van der Waals surface area contributed by atoms with Crippen molar-refractivity contribution in [1.82, 2.24) is 0 Å². The summed E-state index contributed by atoms with van der Waals surface area (Å²) in [5.74, 6) is 0. The average molecular weight is 318 g/mol. The molecule has 0 nitrogen and oxygen atoms in total. The van der Waals surface area contributed by atoms with Crippen molar-refractivity contribution in [3.05, 3.63) is 112 Å². The van der Waals surface area contributed by atoms with Crippen LogP contribution in [0.2, 0.25) is 0 Å². The smallest absolute Gasteiger partial charge is 0.0860 e. The molecule has 3 aromatic carbocycles. The SMILES string of the molecule is C1=C(B(C2=Cc3ccccc3C2)c2ccccc2)Cc2ccccc21. The van der Waals surface area contributed by atoms with Gasteiger partial charge in [-0.2, -0.15) is 0 Å². The average Bonchev–Trinajstić information content (AvgIpc) is 3.26. The van der Waals surface area contributed by atoms with Crippen LogP contribution in [0.4, 0.5) is 0 Å². The van der Waals surface area contributed by atoms with Crippen LogP contribution < -0.4 is 5.46 Å². The number of hydrogen-bond acceptors (Lipinski definition) is 0. The van der Waals surface area contributed by atoms with Gasteiger partial charge in [0.25, 0.3) is 0 Å². The van der Waals surface area contributed by atoms with Crippen molar-refractivity contribution in [1.29, 1.82) is 0 Å². The Bertz CT molecular complexity index is 932. The zero-order valence-corrected chi connectivity index (χ0v) is 14.2. The predicted molar refractivity (Wildman–Crippen MR) is 108 cm³/mol. The van der Waals surface area contributed by atoms with Gasteiger partial charge in [0.15, 0.2) is 0 Å². The van der Waals surface area contributed by atoms with Crippen LogP contribution in [0.15, 0.2) is 89.8 Å². The van der Waals surface area contributed by atoms with E-state index < -0.39 is 0 Å². The number of allylic oxidation sites excluding steroid dienone is 2. The second kappa shape index (κ2) is 5.93. The first kappa shape index (κ1) is 14.5. The lowest BCUT2D eigenvalue weighted by Crippen LogP contribution is -2.35. The molecule has 25 heavy (non-hydrogen) atoms. The van der Waals surface area contributed by atoms with Gasteiger partial charge >= 0.3 is 0 Å². The first-order chi connectivity index (χ1) is 12.4. The molecule has 3 aromatic rings. The number of benzene rings is 3. The summed E-state index contributed by atoms with van der Waals surface area (Å²) in [7, 11) is 0. The summed E-state index contributed by atoms with van der Waals surface area (Å²) in [6, 6.07) is 28.6. The van der Waals surface area contributed by atoms with Crippen molar-refractivity contribution in [2.24, 2.45) is 0 Å². The Hall–Kier alpha value is -2.80. The van der Waals surface area contributed by atoms with Crippen LogP contribution in [-0.4, -0.2) is 6.71 Å². The van der Waals surface area contributed by atoms with Gasteiger partial charge in [0.2, 0.25) is 6.71 Å². The lowest BCUT2D eigenvalue weighted by Gasteiger charge is -2.17. The topological polar surface area (TPSA) is 0 Å². The minimum atomic E-state index is 0.376. The maximum atomic E-state index is 2.41. The highest BCUT2D eigenvalue weighted by atomic mass is 14.2. The Morgan fingerprint density at radius 2 is 1.00 bits per heavy atom. The summed E-state index contributed by atoms with van der Waals surface area (Å²) in [6.45, 7) is 0.376. The van der Waals surface area contributed by atoms with Gasteiger partial charge in [0, 0.05) is 0 Å². The molecular weight excluding hydrogens is 299 g/mol. The fourth-order valence-electron chi connectivity index (χ4n) is 4.30. The molecule has 0 aromatic heterocycles. The van der Waals surface area contributed by atoms with Gasteiger partial charge in [0.05, 0.1) is 0 Å². The van der Waals surface area contributed by atoms with Gasteiger partial charge in [-0.3, -0.25) is 0 Å². The third-order valence-electron chi connectivity index (χ3n) is 5.46. The molecule has 0 radical (unpaired) electrons. The molecule has 0 atom stereocenters. The molecule has 0 spiro atoms. The lowest BCUT2D eigenvalue weighted by atomic mass is 9.35. The van der Waals surface area contributed by atoms with Crippen LogP contribution in [-0.2, 0) is 12.8 Å². The molecule has 0 fully saturated rings. The van der Waals surface area contributed by atoms with E-state index >= 15 is 0 Å². The van der Waals surface area contributed by atoms with Gasteiger partial charge in [-0.25, -0.2) is 0 Å². The molecule has 1 heteroatoms. The molecule has 0 saturated heterocycles. The third-order valence-corrected chi connectivity index (χ3v) is 5.46. The van der Waals surface area contributed by atoms with E-state index in [2.05, 4.69) is 91.0 Å². The van der Waals surface area contributed by atoms with E-state index in [-0.39, 0.29) is 0 Å². The van der Waals surface area contributed by atoms with Crippen molar-refractivity contribution in [2.75, 3.05) is 0 Å². The molecule has 0 saturated carbocycles. The molecular formula is C24H19B. The largest absolute Gasteiger partial charge is 0.233 e. The highest BCUT2D eigenvalue weighted by molar-refractivity contribution is 6.87. The summed E-state index contributed by atoms with van der Waals surface area (Å²) in [5.41, 5.74) is 10.1. The van der Waals surface area contributed by atoms with Gasteiger partial charge in [-0.05, 0) is 35.1 Å². The fraction of sp³-hybridized carbons (Fsp3) is 0.0833. The first-order valence-electron chi connectivity index (χ1n) is 9.00. The minimum absolute atomic E-state index is 0.376. The summed E-state index contributed by atoms with van der Waals surface area (Å²) in [6.07, 6.45) is 6.94. The molecule has 2 aliphatic carbocycles. The van der Waals surface area contributed by atoms with Crippen molar-refractivity contribution in [2.45, 2.75) is 12.8 Å². The third kappa shape index (κ3) is 2.57. The van der Waals surface area contributed by atoms with Gasteiger partial charge < -0.3 is 0 Å². The Morgan fingerprint density at radius 3 is 1.52 bits per heavy atom. The molecule has 0 aliphatic heterocycles.